The summed E-state index contributed by atoms with van der Waals surface area (Å²) in [5.74, 6) is 0.588. The van der Waals surface area contributed by atoms with Crippen LogP contribution in [0.15, 0.2) is 0 Å². The third-order valence-corrected chi connectivity index (χ3v) is 4.95. The molecular weight excluding hydrogens is 260 g/mol. The smallest absolute Gasteiger partial charge is 0.0897 e. The molecule has 102 valence electrons. The van der Waals surface area contributed by atoms with E-state index in [9.17, 15) is 15.3 Å². The highest BCUT2D eigenvalue weighted by Crippen LogP contribution is 2.28. The van der Waals surface area contributed by atoms with Gasteiger partial charge < -0.3 is 26.8 Å². The van der Waals surface area contributed by atoms with Crippen molar-refractivity contribution in [2.45, 2.75) is 48.5 Å². The van der Waals surface area contributed by atoms with Gasteiger partial charge in [-0.2, -0.15) is 24.4 Å². The normalized spacial score (nSPS) is 37.8. The Morgan fingerprint density at radius 1 is 1.18 bits per heavy atom. The quantitative estimate of drug-likeness (QED) is 0.344. The number of hydrogen-bond donors (Lipinski definition) is 6. The zero-order chi connectivity index (χ0) is 13.0. The molecule has 1 aliphatic rings. The number of hydrogen-bond acceptors (Lipinski definition) is 7. The van der Waals surface area contributed by atoms with E-state index in [0.29, 0.717) is 18.6 Å². The lowest BCUT2D eigenvalue weighted by Crippen LogP contribution is -2.52. The number of thiol groups is 1. The highest BCUT2D eigenvalue weighted by molar-refractivity contribution is 8.00. The van der Waals surface area contributed by atoms with Crippen molar-refractivity contribution in [3.63, 3.8) is 0 Å². The molecule has 1 saturated carbocycles. The van der Waals surface area contributed by atoms with Gasteiger partial charge in [0.15, 0.2) is 0 Å². The minimum Gasteiger partial charge on any atom is -0.392 e. The summed E-state index contributed by atoms with van der Waals surface area (Å²) in [5.41, 5.74) is 11.6. The number of thioether (sulfide) groups is 1. The fourth-order valence-electron chi connectivity index (χ4n) is 1.84. The standard InChI is InChI=1S/C10H22N2O3S2/c11-5-1-7(13)10(2-6(5)12)17-4-9(15)8(14)3-16/h5-10,13-16H,1-4,11-12H2. The summed E-state index contributed by atoms with van der Waals surface area (Å²) in [6, 6.07) is -0.266. The minimum atomic E-state index is -0.831. The van der Waals surface area contributed by atoms with Gasteiger partial charge in [0.1, 0.15) is 0 Å². The highest BCUT2D eigenvalue weighted by atomic mass is 32.2. The highest BCUT2D eigenvalue weighted by Gasteiger charge is 2.33. The van der Waals surface area contributed by atoms with Gasteiger partial charge in [-0.15, -0.1) is 0 Å². The molecule has 6 unspecified atom stereocenters. The Kier molecular flexibility index (Phi) is 6.57. The molecule has 1 aliphatic carbocycles. The third kappa shape index (κ3) is 4.59. The van der Waals surface area contributed by atoms with E-state index in [1.54, 1.807) is 0 Å². The Labute approximate surface area is 111 Å². The van der Waals surface area contributed by atoms with Crippen LogP contribution in [-0.4, -0.2) is 62.5 Å². The first kappa shape index (κ1) is 15.6. The maximum absolute atomic E-state index is 9.85. The summed E-state index contributed by atoms with van der Waals surface area (Å²) in [4.78, 5) is 0. The summed E-state index contributed by atoms with van der Waals surface area (Å²) in [7, 11) is 0. The van der Waals surface area contributed by atoms with Crippen LogP contribution in [0, 0.1) is 0 Å². The topological polar surface area (TPSA) is 113 Å². The lowest BCUT2D eigenvalue weighted by atomic mass is 9.89. The summed E-state index contributed by atoms with van der Waals surface area (Å²) < 4.78 is 0. The molecule has 1 rings (SSSR count). The fraction of sp³-hybridized carbons (Fsp3) is 1.00. The van der Waals surface area contributed by atoms with Gasteiger partial charge in [0.05, 0.1) is 18.3 Å². The molecule has 0 bridgehead atoms. The number of nitrogens with two attached hydrogens (primary N) is 2. The summed E-state index contributed by atoms with van der Waals surface area (Å²) in [6.07, 6.45) is -1.02. The van der Waals surface area contributed by atoms with Crippen molar-refractivity contribution in [1.29, 1.82) is 0 Å². The fourth-order valence-corrected chi connectivity index (χ4v) is 3.44. The average molecular weight is 282 g/mol. The van der Waals surface area contributed by atoms with Gasteiger partial charge in [-0.3, -0.25) is 0 Å². The van der Waals surface area contributed by atoms with Crippen LogP contribution >= 0.6 is 24.4 Å². The Morgan fingerprint density at radius 3 is 2.35 bits per heavy atom. The van der Waals surface area contributed by atoms with E-state index in [4.69, 9.17) is 11.5 Å². The van der Waals surface area contributed by atoms with E-state index in [-0.39, 0.29) is 23.1 Å². The zero-order valence-corrected chi connectivity index (χ0v) is 11.4. The monoisotopic (exact) mass is 282 g/mol. The molecule has 0 radical (unpaired) electrons. The van der Waals surface area contributed by atoms with Crippen molar-refractivity contribution in [1.82, 2.24) is 0 Å². The molecule has 1 fully saturated rings. The third-order valence-electron chi connectivity index (χ3n) is 3.11. The first-order valence-electron chi connectivity index (χ1n) is 5.73. The SMILES string of the molecule is NC1CC(O)C(SCC(O)C(O)CS)CC1N. The van der Waals surface area contributed by atoms with Gasteiger partial charge in [0, 0.05) is 28.8 Å². The van der Waals surface area contributed by atoms with Crippen molar-refractivity contribution in [2.24, 2.45) is 11.5 Å². The van der Waals surface area contributed by atoms with Gasteiger partial charge in [-0.05, 0) is 12.8 Å². The molecule has 0 heterocycles. The Morgan fingerprint density at radius 2 is 1.76 bits per heavy atom. The molecule has 0 spiro atoms. The van der Waals surface area contributed by atoms with E-state index in [0.717, 1.165) is 0 Å². The molecule has 6 atom stereocenters. The van der Waals surface area contributed by atoms with E-state index in [1.165, 1.54) is 11.8 Å². The Hall–Kier alpha value is 0.500. The summed E-state index contributed by atoms with van der Waals surface area (Å²) >= 11 is 5.35. The number of aliphatic hydroxyl groups excluding tert-OH is 3. The first-order valence-corrected chi connectivity index (χ1v) is 7.41. The van der Waals surface area contributed by atoms with Crippen LogP contribution in [0.5, 0.6) is 0 Å². The van der Waals surface area contributed by atoms with Gasteiger partial charge in [-0.25, -0.2) is 0 Å². The predicted molar refractivity (Wildman–Crippen MR) is 73.3 cm³/mol. The average Bonchev–Trinajstić information content (AvgIpc) is 2.30. The molecule has 5 nitrogen and oxygen atoms in total. The largest absolute Gasteiger partial charge is 0.392 e. The van der Waals surface area contributed by atoms with Crippen LogP contribution in [0.2, 0.25) is 0 Å². The molecule has 0 amide bonds. The zero-order valence-electron chi connectivity index (χ0n) is 9.64. The second-order valence-corrected chi connectivity index (χ2v) is 6.19. The van der Waals surface area contributed by atoms with Crippen molar-refractivity contribution >= 4 is 24.4 Å². The molecule has 0 aromatic heterocycles. The Bertz CT molecular complexity index is 236. The van der Waals surface area contributed by atoms with Crippen LogP contribution in [0.1, 0.15) is 12.8 Å². The van der Waals surface area contributed by atoms with Crippen LogP contribution in [0.25, 0.3) is 0 Å². The lowest BCUT2D eigenvalue weighted by molar-refractivity contribution is 0.0497. The summed E-state index contributed by atoms with van der Waals surface area (Å²) in [6.45, 7) is 0. The van der Waals surface area contributed by atoms with Crippen LogP contribution in [0.3, 0.4) is 0 Å². The molecule has 7 N–H and O–H groups in total. The second-order valence-electron chi connectivity index (χ2n) is 4.56. The van der Waals surface area contributed by atoms with E-state index in [2.05, 4.69) is 12.6 Å². The van der Waals surface area contributed by atoms with Crippen molar-refractivity contribution in [2.75, 3.05) is 11.5 Å². The molecule has 17 heavy (non-hydrogen) atoms. The van der Waals surface area contributed by atoms with Crippen molar-refractivity contribution in [3.05, 3.63) is 0 Å². The van der Waals surface area contributed by atoms with E-state index < -0.39 is 18.3 Å². The Balaban J connectivity index is 2.36. The number of aliphatic hydroxyl groups is 3. The van der Waals surface area contributed by atoms with Crippen LogP contribution in [0.4, 0.5) is 0 Å². The first-order chi connectivity index (χ1) is 7.95. The summed E-state index contributed by atoms with van der Waals surface area (Å²) in [5, 5.41) is 28.8. The van der Waals surface area contributed by atoms with E-state index >= 15 is 0 Å². The molecular formula is C10H22N2O3S2. The molecule has 0 aromatic carbocycles. The number of rotatable bonds is 5. The molecule has 7 heteroatoms. The van der Waals surface area contributed by atoms with Gasteiger partial charge in [-0.1, -0.05) is 0 Å². The molecule has 0 aliphatic heterocycles. The predicted octanol–water partition coefficient (Wildman–Crippen LogP) is -1.45. The van der Waals surface area contributed by atoms with Crippen LogP contribution < -0.4 is 11.5 Å². The minimum absolute atomic E-state index is 0.0217. The van der Waals surface area contributed by atoms with Gasteiger partial charge >= 0.3 is 0 Å². The maximum atomic E-state index is 9.85. The van der Waals surface area contributed by atoms with Crippen molar-refractivity contribution < 1.29 is 15.3 Å². The van der Waals surface area contributed by atoms with Crippen LogP contribution in [-0.2, 0) is 0 Å². The molecule has 0 saturated heterocycles. The second kappa shape index (κ2) is 7.18. The van der Waals surface area contributed by atoms with Crippen molar-refractivity contribution in [3.8, 4) is 0 Å². The maximum Gasteiger partial charge on any atom is 0.0897 e. The van der Waals surface area contributed by atoms with Gasteiger partial charge in [0.25, 0.3) is 0 Å². The lowest BCUT2D eigenvalue weighted by Gasteiger charge is -2.35. The van der Waals surface area contributed by atoms with E-state index in [1.807, 2.05) is 0 Å². The molecule has 0 aromatic rings. The van der Waals surface area contributed by atoms with Gasteiger partial charge in [0.2, 0.25) is 0 Å².